The third kappa shape index (κ3) is 5.11. The Bertz CT molecular complexity index is 739. The van der Waals surface area contributed by atoms with Gasteiger partial charge < -0.3 is 9.47 Å². The second kappa shape index (κ2) is 8.37. The van der Waals surface area contributed by atoms with Gasteiger partial charge in [0.2, 0.25) is 0 Å². The molecule has 0 spiro atoms. The molecular formula is C19H18F2O4. The van der Waals surface area contributed by atoms with E-state index in [1.165, 1.54) is 24.3 Å². The van der Waals surface area contributed by atoms with Crippen LogP contribution in [0.1, 0.15) is 46.0 Å². The number of alkyl halides is 2. The standard InChI is InChI=1S/C19H18F2O4/c1-12(2)13-7-9-14(10-8-13)16(22)11-24-18(23)15-5-3-4-6-17(15)25-19(20)21/h3-10,12,19H,11H2,1-2H3. The van der Waals surface area contributed by atoms with Crippen LogP contribution in [-0.2, 0) is 4.74 Å². The molecular weight excluding hydrogens is 330 g/mol. The van der Waals surface area contributed by atoms with Gasteiger partial charge in [0, 0.05) is 5.56 Å². The van der Waals surface area contributed by atoms with Crippen LogP contribution in [0.5, 0.6) is 5.75 Å². The fourth-order valence-electron chi connectivity index (χ4n) is 2.18. The number of rotatable bonds is 7. The van der Waals surface area contributed by atoms with E-state index in [4.69, 9.17) is 4.74 Å². The summed E-state index contributed by atoms with van der Waals surface area (Å²) < 4.78 is 33.9. The number of Topliss-reactive ketones (excluding diaryl/α,β-unsaturated/α-hetero) is 1. The van der Waals surface area contributed by atoms with Crippen molar-refractivity contribution in [1.29, 1.82) is 0 Å². The van der Waals surface area contributed by atoms with Crippen molar-refractivity contribution in [3.05, 3.63) is 65.2 Å². The van der Waals surface area contributed by atoms with Crippen LogP contribution < -0.4 is 4.74 Å². The number of ketones is 1. The number of para-hydroxylation sites is 1. The summed E-state index contributed by atoms with van der Waals surface area (Å²) in [5.41, 5.74) is 1.34. The van der Waals surface area contributed by atoms with Crippen LogP contribution in [0.25, 0.3) is 0 Å². The monoisotopic (exact) mass is 348 g/mol. The van der Waals surface area contributed by atoms with E-state index in [0.29, 0.717) is 11.5 Å². The van der Waals surface area contributed by atoms with Crippen LogP contribution in [0.15, 0.2) is 48.5 Å². The van der Waals surface area contributed by atoms with Gasteiger partial charge in [0.25, 0.3) is 0 Å². The number of carbonyl (C=O) groups excluding carboxylic acids is 2. The molecule has 0 bridgehead atoms. The number of ether oxygens (including phenoxy) is 2. The minimum Gasteiger partial charge on any atom is -0.454 e. The highest BCUT2D eigenvalue weighted by Crippen LogP contribution is 2.21. The zero-order chi connectivity index (χ0) is 18.4. The normalized spacial score (nSPS) is 10.8. The van der Waals surface area contributed by atoms with Crippen molar-refractivity contribution in [2.45, 2.75) is 26.4 Å². The molecule has 0 N–H and O–H groups in total. The highest BCUT2D eigenvalue weighted by Gasteiger charge is 2.18. The lowest BCUT2D eigenvalue weighted by molar-refractivity contribution is -0.0504. The zero-order valence-corrected chi connectivity index (χ0v) is 13.9. The Kier molecular flexibility index (Phi) is 6.22. The van der Waals surface area contributed by atoms with E-state index >= 15 is 0 Å². The van der Waals surface area contributed by atoms with E-state index in [0.717, 1.165) is 5.56 Å². The van der Waals surface area contributed by atoms with Crippen LogP contribution in [0.2, 0.25) is 0 Å². The smallest absolute Gasteiger partial charge is 0.387 e. The van der Waals surface area contributed by atoms with E-state index in [1.807, 2.05) is 26.0 Å². The third-order valence-corrected chi connectivity index (χ3v) is 3.56. The van der Waals surface area contributed by atoms with Crippen molar-refractivity contribution in [2.24, 2.45) is 0 Å². The molecule has 0 aliphatic heterocycles. The summed E-state index contributed by atoms with van der Waals surface area (Å²) in [6.45, 7) is 0.535. The van der Waals surface area contributed by atoms with Crippen molar-refractivity contribution in [3.63, 3.8) is 0 Å². The molecule has 0 amide bonds. The summed E-state index contributed by atoms with van der Waals surface area (Å²) in [7, 11) is 0. The van der Waals surface area contributed by atoms with E-state index in [9.17, 15) is 18.4 Å². The molecule has 0 aliphatic carbocycles. The van der Waals surface area contributed by atoms with E-state index < -0.39 is 19.2 Å². The predicted octanol–water partition coefficient (Wildman–Crippen LogP) is 4.45. The number of benzene rings is 2. The first kappa shape index (κ1) is 18.6. The minimum atomic E-state index is -3.06. The van der Waals surface area contributed by atoms with Gasteiger partial charge in [0.15, 0.2) is 12.4 Å². The number of hydrogen-bond donors (Lipinski definition) is 0. The molecule has 4 nitrogen and oxygen atoms in total. The second-order valence-corrected chi connectivity index (χ2v) is 5.65. The van der Waals surface area contributed by atoms with Gasteiger partial charge in [-0.2, -0.15) is 8.78 Å². The van der Waals surface area contributed by atoms with Crippen LogP contribution in [0, 0.1) is 0 Å². The molecule has 0 aromatic heterocycles. The Morgan fingerprint density at radius 1 is 1.00 bits per heavy atom. The van der Waals surface area contributed by atoms with Crippen LogP contribution in [0.4, 0.5) is 8.78 Å². The first-order valence-electron chi connectivity index (χ1n) is 7.72. The van der Waals surface area contributed by atoms with Crippen LogP contribution in [0.3, 0.4) is 0 Å². The predicted molar refractivity (Wildman–Crippen MR) is 88.2 cm³/mol. The summed E-state index contributed by atoms with van der Waals surface area (Å²) >= 11 is 0. The molecule has 0 fully saturated rings. The van der Waals surface area contributed by atoms with Gasteiger partial charge in [-0.3, -0.25) is 4.79 Å². The van der Waals surface area contributed by atoms with Crippen molar-refractivity contribution in [3.8, 4) is 5.75 Å². The Balaban J connectivity index is 2.01. The van der Waals surface area contributed by atoms with Crippen molar-refractivity contribution >= 4 is 11.8 Å². The van der Waals surface area contributed by atoms with E-state index in [-0.39, 0.29) is 17.1 Å². The van der Waals surface area contributed by atoms with Crippen LogP contribution in [-0.4, -0.2) is 25.0 Å². The molecule has 25 heavy (non-hydrogen) atoms. The first-order valence-corrected chi connectivity index (χ1v) is 7.72. The fraction of sp³-hybridized carbons (Fsp3) is 0.263. The van der Waals surface area contributed by atoms with E-state index in [1.54, 1.807) is 12.1 Å². The Hall–Kier alpha value is -2.76. The maximum Gasteiger partial charge on any atom is 0.387 e. The summed E-state index contributed by atoms with van der Waals surface area (Å²) in [6, 6.07) is 12.5. The second-order valence-electron chi connectivity index (χ2n) is 5.65. The average molecular weight is 348 g/mol. The van der Waals surface area contributed by atoms with Gasteiger partial charge in [-0.25, -0.2) is 4.79 Å². The topological polar surface area (TPSA) is 52.6 Å². The quantitative estimate of drug-likeness (QED) is 0.548. The maximum absolute atomic E-state index is 12.4. The lowest BCUT2D eigenvalue weighted by Crippen LogP contribution is -2.16. The molecule has 0 saturated carbocycles. The van der Waals surface area contributed by atoms with Gasteiger partial charge in [0.05, 0.1) is 0 Å². The first-order chi connectivity index (χ1) is 11.9. The molecule has 2 aromatic carbocycles. The Labute approximate surface area is 144 Å². The van der Waals surface area contributed by atoms with Gasteiger partial charge in [-0.15, -0.1) is 0 Å². The molecule has 132 valence electrons. The lowest BCUT2D eigenvalue weighted by Gasteiger charge is -2.10. The number of carbonyl (C=O) groups is 2. The van der Waals surface area contributed by atoms with Crippen molar-refractivity contribution in [2.75, 3.05) is 6.61 Å². The maximum atomic E-state index is 12.4. The van der Waals surface area contributed by atoms with Gasteiger partial charge in [0.1, 0.15) is 11.3 Å². The van der Waals surface area contributed by atoms with Gasteiger partial charge in [-0.05, 0) is 23.6 Å². The highest BCUT2D eigenvalue weighted by atomic mass is 19.3. The molecule has 2 rings (SSSR count). The Morgan fingerprint density at radius 3 is 2.24 bits per heavy atom. The summed E-state index contributed by atoms with van der Waals surface area (Å²) in [6.07, 6.45) is 0. The molecule has 0 unspecified atom stereocenters. The molecule has 2 aromatic rings. The molecule has 0 radical (unpaired) electrons. The Morgan fingerprint density at radius 2 is 1.64 bits per heavy atom. The number of esters is 1. The highest BCUT2D eigenvalue weighted by molar-refractivity contribution is 6.00. The summed E-state index contributed by atoms with van der Waals surface area (Å²) in [5.74, 6) is -1.23. The SMILES string of the molecule is CC(C)c1ccc(C(=O)COC(=O)c2ccccc2OC(F)F)cc1. The van der Waals surface area contributed by atoms with Crippen molar-refractivity contribution in [1.82, 2.24) is 0 Å². The molecule has 0 aliphatic rings. The third-order valence-electron chi connectivity index (χ3n) is 3.56. The number of hydrogen-bond acceptors (Lipinski definition) is 4. The summed E-state index contributed by atoms with van der Waals surface area (Å²) in [5, 5.41) is 0. The minimum absolute atomic E-state index is 0.161. The number of halogens is 2. The van der Waals surface area contributed by atoms with Gasteiger partial charge >= 0.3 is 12.6 Å². The average Bonchev–Trinajstić information content (AvgIpc) is 2.59. The fourth-order valence-corrected chi connectivity index (χ4v) is 2.18. The molecule has 0 saturated heterocycles. The zero-order valence-electron chi connectivity index (χ0n) is 13.9. The van der Waals surface area contributed by atoms with Crippen LogP contribution >= 0.6 is 0 Å². The summed E-state index contributed by atoms with van der Waals surface area (Å²) in [4.78, 5) is 24.1. The molecule has 6 heteroatoms. The van der Waals surface area contributed by atoms with Gasteiger partial charge in [-0.1, -0.05) is 50.2 Å². The van der Waals surface area contributed by atoms with Crippen molar-refractivity contribution < 1.29 is 27.8 Å². The molecule has 0 atom stereocenters. The van der Waals surface area contributed by atoms with E-state index in [2.05, 4.69) is 4.74 Å². The molecule has 0 heterocycles. The largest absolute Gasteiger partial charge is 0.454 e. The lowest BCUT2D eigenvalue weighted by atomic mass is 10.0.